The number of aromatic amines is 1. The van der Waals surface area contributed by atoms with Gasteiger partial charge in [-0.2, -0.15) is 0 Å². The molecule has 2 aromatic rings. The number of hydrogen-bond acceptors (Lipinski definition) is 3. The fourth-order valence-electron chi connectivity index (χ4n) is 2.56. The molecular weight excluding hydrogens is 286 g/mol. The van der Waals surface area contributed by atoms with Crippen LogP contribution >= 0.6 is 11.8 Å². The summed E-state index contributed by atoms with van der Waals surface area (Å²) in [4.78, 5) is 29.6. The van der Waals surface area contributed by atoms with Crippen LogP contribution in [0.15, 0.2) is 30.5 Å². The van der Waals surface area contributed by atoms with Crippen LogP contribution in [-0.4, -0.2) is 45.9 Å². The molecule has 1 aromatic heterocycles. The Kier molecular flexibility index (Phi) is 3.88. The predicted octanol–water partition coefficient (Wildman–Crippen LogP) is 1.82. The Morgan fingerprint density at radius 3 is 3.05 bits per heavy atom. The Balaban J connectivity index is 1.89. The Morgan fingerprint density at radius 1 is 1.43 bits per heavy atom. The van der Waals surface area contributed by atoms with Crippen molar-refractivity contribution in [3.05, 3.63) is 36.0 Å². The van der Waals surface area contributed by atoms with Gasteiger partial charge in [0, 0.05) is 29.4 Å². The fourth-order valence-corrected chi connectivity index (χ4v) is 3.71. The summed E-state index contributed by atoms with van der Waals surface area (Å²) in [6.07, 6.45) is 1.73. The molecule has 2 amide bonds. The van der Waals surface area contributed by atoms with E-state index in [0.29, 0.717) is 23.7 Å². The van der Waals surface area contributed by atoms with Gasteiger partial charge < -0.3 is 15.2 Å². The number of nitrogens with zero attached hydrogens (tertiary/aromatic N) is 1. The van der Waals surface area contributed by atoms with Crippen LogP contribution in [0, 0.1) is 0 Å². The molecule has 1 aliphatic rings. The molecule has 1 saturated heterocycles. The Morgan fingerprint density at radius 2 is 2.24 bits per heavy atom. The molecule has 5 nitrogen and oxygen atoms in total. The van der Waals surface area contributed by atoms with E-state index >= 15 is 0 Å². The van der Waals surface area contributed by atoms with Gasteiger partial charge in [-0.05, 0) is 13.0 Å². The molecule has 0 bridgehead atoms. The minimum Gasteiger partial charge on any atom is -0.360 e. The van der Waals surface area contributed by atoms with Crippen LogP contribution in [0.2, 0.25) is 0 Å². The van der Waals surface area contributed by atoms with Crippen LogP contribution in [0.1, 0.15) is 17.3 Å². The number of nitrogens with one attached hydrogen (secondary N) is 2. The molecule has 0 spiro atoms. The lowest BCUT2D eigenvalue weighted by molar-refractivity contribution is -0.124. The van der Waals surface area contributed by atoms with E-state index in [1.54, 1.807) is 22.9 Å². The number of rotatable bonds is 3. The van der Waals surface area contributed by atoms with Gasteiger partial charge in [-0.1, -0.05) is 18.2 Å². The molecule has 0 unspecified atom stereocenters. The predicted molar refractivity (Wildman–Crippen MR) is 84.3 cm³/mol. The number of amides is 2. The minimum absolute atomic E-state index is 0.0734. The standard InChI is InChI=1S/C15H17N3O2S/c1-2-16-14(19)13-8-21-9-18(13)15(20)11-7-17-12-6-4-3-5-10(11)12/h3-7,13,17H,2,8-9H2,1H3,(H,16,19)/t13-/m0/s1. The van der Waals surface area contributed by atoms with E-state index in [1.807, 2.05) is 31.2 Å². The molecule has 1 fully saturated rings. The maximum absolute atomic E-state index is 12.8. The molecular formula is C15H17N3O2S. The SMILES string of the molecule is CCNC(=O)[C@@H]1CSCN1C(=O)c1c[nH]c2ccccc12. The van der Waals surface area contributed by atoms with E-state index in [-0.39, 0.29) is 17.9 Å². The highest BCUT2D eigenvalue weighted by Crippen LogP contribution is 2.26. The number of benzene rings is 1. The zero-order valence-corrected chi connectivity index (χ0v) is 12.6. The molecule has 0 saturated carbocycles. The zero-order valence-electron chi connectivity index (χ0n) is 11.8. The van der Waals surface area contributed by atoms with Crippen molar-refractivity contribution in [2.45, 2.75) is 13.0 Å². The molecule has 1 aromatic carbocycles. The van der Waals surface area contributed by atoms with Crippen molar-refractivity contribution in [3.8, 4) is 0 Å². The number of fused-ring (bicyclic) bond motifs is 1. The largest absolute Gasteiger partial charge is 0.360 e. The average molecular weight is 303 g/mol. The van der Waals surface area contributed by atoms with E-state index < -0.39 is 0 Å². The van der Waals surface area contributed by atoms with Crippen molar-refractivity contribution in [1.82, 2.24) is 15.2 Å². The fraction of sp³-hybridized carbons (Fsp3) is 0.333. The van der Waals surface area contributed by atoms with Crippen molar-refractivity contribution >= 4 is 34.5 Å². The monoisotopic (exact) mass is 303 g/mol. The van der Waals surface area contributed by atoms with Crippen LogP contribution < -0.4 is 5.32 Å². The highest BCUT2D eigenvalue weighted by Gasteiger charge is 2.35. The first-order valence-corrected chi connectivity index (χ1v) is 8.10. The number of thioether (sulfide) groups is 1. The summed E-state index contributed by atoms with van der Waals surface area (Å²) >= 11 is 1.61. The third kappa shape index (κ3) is 2.51. The van der Waals surface area contributed by atoms with Gasteiger partial charge in [-0.15, -0.1) is 11.8 Å². The number of likely N-dealkylation sites (N-methyl/N-ethyl adjacent to an activating group) is 1. The second kappa shape index (κ2) is 5.81. The lowest BCUT2D eigenvalue weighted by Crippen LogP contribution is -2.47. The topological polar surface area (TPSA) is 65.2 Å². The second-order valence-corrected chi connectivity index (χ2v) is 5.93. The quantitative estimate of drug-likeness (QED) is 0.909. The van der Waals surface area contributed by atoms with Crippen molar-refractivity contribution < 1.29 is 9.59 Å². The van der Waals surface area contributed by atoms with Crippen LogP contribution in [0.5, 0.6) is 0 Å². The first-order chi connectivity index (χ1) is 10.2. The van der Waals surface area contributed by atoms with Crippen molar-refractivity contribution in [2.75, 3.05) is 18.2 Å². The number of H-pyrrole nitrogens is 1. The van der Waals surface area contributed by atoms with Crippen LogP contribution in [0.3, 0.4) is 0 Å². The number of carbonyl (C=O) groups is 2. The van der Waals surface area contributed by atoms with E-state index in [1.165, 1.54) is 0 Å². The number of para-hydroxylation sites is 1. The van der Waals surface area contributed by atoms with Crippen LogP contribution in [0.4, 0.5) is 0 Å². The summed E-state index contributed by atoms with van der Waals surface area (Å²) in [6, 6.07) is 7.31. The number of carbonyl (C=O) groups excluding carboxylic acids is 2. The zero-order chi connectivity index (χ0) is 14.8. The molecule has 0 aliphatic carbocycles. The number of hydrogen-bond donors (Lipinski definition) is 2. The Labute approximate surface area is 127 Å². The maximum atomic E-state index is 12.8. The second-order valence-electron chi connectivity index (χ2n) is 4.93. The molecule has 2 N–H and O–H groups in total. The van der Waals surface area contributed by atoms with E-state index in [4.69, 9.17) is 0 Å². The normalized spacial score (nSPS) is 18.1. The minimum atomic E-state index is -0.379. The van der Waals surface area contributed by atoms with Gasteiger partial charge in [-0.25, -0.2) is 0 Å². The smallest absolute Gasteiger partial charge is 0.257 e. The van der Waals surface area contributed by atoms with Gasteiger partial charge in [0.25, 0.3) is 5.91 Å². The van der Waals surface area contributed by atoms with Gasteiger partial charge in [-0.3, -0.25) is 9.59 Å². The van der Waals surface area contributed by atoms with E-state index in [0.717, 1.165) is 10.9 Å². The lowest BCUT2D eigenvalue weighted by Gasteiger charge is -2.22. The average Bonchev–Trinajstić information content (AvgIpc) is 3.14. The van der Waals surface area contributed by atoms with Gasteiger partial charge in [0.15, 0.2) is 0 Å². The maximum Gasteiger partial charge on any atom is 0.257 e. The van der Waals surface area contributed by atoms with Crippen LogP contribution in [0.25, 0.3) is 10.9 Å². The highest BCUT2D eigenvalue weighted by atomic mass is 32.2. The van der Waals surface area contributed by atoms with Crippen molar-refractivity contribution in [2.24, 2.45) is 0 Å². The summed E-state index contributed by atoms with van der Waals surface area (Å²) in [7, 11) is 0. The summed E-state index contributed by atoms with van der Waals surface area (Å²) < 4.78 is 0. The highest BCUT2D eigenvalue weighted by molar-refractivity contribution is 7.99. The molecule has 3 rings (SSSR count). The third-order valence-electron chi connectivity index (χ3n) is 3.62. The summed E-state index contributed by atoms with van der Waals surface area (Å²) in [5.41, 5.74) is 1.56. The molecule has 1 aliphatic heterocycles. The lowest BCUT2D eigenvalue weighted by atomic mass is 10.1. The first-order valence-electron chi connectivity index (χ1n) is 6.95. The van der Waals surface area contributed by atoms with Crippen molar-refractivity contribution in [3.63, 3.8) is 0 Å². The van der Waals surface area contributed by atoms with Gasteiger partial charge in [0.05, 0.1) is 11.4 Å². The van der Waals surface area contributed by atoms with Crippen molar-refractivity contribution in [1.29, 1.82) is 0 Å². The van der Waals surface area contributed by atoms with E-state index in [2.05, 4.69) is 10.3 Å². The third-order valence-corrected chi connectivity index (χ3v) is 4.63. The summed E-state index contributed by atoms with van der Waals surface area (Å²) in [5.74, 6) is 1.05. The first kappa shape index (κ1) is 14.0. The number of aromatic nitrogens is 1. The Hall–Kier alpha value is -1.95. The molecule has 6 heteroatoms. The van der Waals surface area contributed by atoms with E-state index in [9.17, 15) is 9.59 Å². The molecule has 1 atom stereocenters. The summed E-state index contributed by atoms with van der Waals surface area (Å²) in [5, 5.41) is 3.70. The van der Waals surface area contributed by atoms with Gasteiger partial charge in [0.1, 0.15) is 6.04 Å². The van der Waals surface area contributed by atoms with Gasteiger partial charge >= 0.3 is 0 Å². The molecule has 110 valence electrons. The van der Waals surface area contributed by atoms with Gasteiger partial charge in [0.2, 0.25) is 5.91 Å². The van der Waals surface area contributed by atoms with Crippen LogP contribution in [-0.2, 0) is 4.79 Å². The molecule has 2 heterocycles. The Bertz CT molecular complexity index is 682. The molecule has 21 heavy (non-hydrogen) atoms. The molecule has 0 radical (unpaired) electrons. The summed E-state index contributed by atoms with van der Waals surface area (Å²) in [6.45, 7) is 2.46.